The fourth-order valence-corrected chi connectivity index (χ4v) is 3.71. The summed E-state index contributed by atoms with van der Waals surface area (Å²) in [5.74, 6) is -1.56. The molecule has 0 atom stereocenters. The number of anilines is 2. The molecule has 0 saturated heterocycles. The number of carbonyl (C=O) groups excluding carboxylic acids is 1. The second-order valence-electron chi connectivity index (χ2n) is 6.55. The van der Waals surface area contributed by atoms with Crippen molar-refractivity contribution >= 4 is 29.0 Å². The van der Waals surface area contributed by atoms with Gasteiger partial charge in [-0.05, 0) is 50.2 Å². The Morgan fingerprint density at radius 1 is 1.07 bits per heavy atom. The van der Waals surface area contributed by atoms with E-state index in [1.807, 2.05) is 23.7 Å². The largest absolute Gasteiger partial charge is 0.372 e. The molecule has 0 spiro atoms. The molecule has 2 aromatic carbocycles. The average molecular weight is 432 g/mol. The van der Waals surface area contributed by atoms with E-state index in [1.54, 1.807) is 0 Å². The molecule has 0 bridgehead atoms. The molecule has 3 aromatic rings. The Balaban J connectivity index is 1.63. The van der Waals surface area contributed by atoms with Crippen molar-refractivity contribution in [2.24, 2.45) is 7.05 Å². The topological polar surface area (TPSA) is 63.1 Å². The van der Waals surface area contributed by atoms with Crippen LogP contribution in [0.1, 0.15) is 13.8 Å². The molecule has 1 aromatic heterocycles. The Kier molecular flexibility index (Phi) is 7.04. The second-order valence-corrected chi connectivity index (χ2v) is 7.49. The van der Waals surface area contributed by atoms with Gasteiger partial charge in [0.05, 0.1) is 5.75 Å². The lowest BCUT2D eigenvalue weighted by atomic mass is 10.2. The molecule has 9 heteroatoms. The molecule has 0 unspecified atom stereocenters. The highest BCUT2D eigenvalue weighted by Gasteiger charge is 2.14. The van der Waals surface area contributed by atoms with Crippen LogP contribution in [0.2, 0.25) is 0 Å². The van der Waals surface area contributed by atoms with Crippen LogP contribution in [0.15, 0.2) is 47.6 Å². The normalized spacial score (nSPS) is 10.8. The number of benzene rings is 2. The van der Waals surface area contributed by atoms with Gasteiger partial charge in [0.15, 0.2) is 22.6 Å². The summed E-state index contributed by atoms with van der Waals surface area (Å²) in [5, 5.41) is 11.5. The van der Waals surface area contributed by atoms with Gasteiger partial charge in [-0.3, -0.25) is 4.79 Å². The maximum Gasteiger partial charge on any atom is 0.234 e. The molecule has 3 rings (SSSR count). The minimum atomic E-state index is -1.01. The number of nitrogens with zero attached hydrogens (tertiary/aromatic N) is 4. The van der Waals surface area contributed by atoms with Crippen LogP contribution in [-0.4, -0.2) is 39.5 Å². The van der Waals surface area contributed by atoms with Crippen LogP contribution in [0.3, 0.4) is 0 Å². The highest BCUT2D eigenvalue weighted by molar-refractivity contribution is 7.99. The van der Waals surface area contributed by atoms with Crippen LogP contribution in [0.4, 0.5) is 20.2 Å². The van der Waals surface area contributed by atoms with Crippen molar-refractivity contribution in [2.75, 3.05) is 29.1 Å². The molecule has 0 radical (unpaired) electrons. The van der Waals surface area contributed by atoms with Crippen molar-refractivity contribution in [1.29, 1.82) is 0 Å². The lowest BCUT2D eigenvalue weighted by Gasteiger charge is -2.21. The molecule has 1 N–H and O–H groups in total. The number of thioether (sulfide) groups is 1. The first-order valence-electron chi connectivity index (χ1n) is 9.55. The number of rotatable bonds is 8. The molecule has 158 valence electrons. The first-order chi connectivity index (χ1) is 14.4. The highest BCUT2D eigenvalue weighted by atomic mass is 32.2. The summed E-state index contributed by atoms with van der Waals surface area (Å²) in [6.45, 7) is 6.11. The first-order valence-corrected chi connectivity index (χ1v) is 10.5. The van der Waals surface area contributed by atoms with E-state index in [2.05, 4.69) is 46.4 Å². The lowest BCUT2D eigenvalue weighted by molar-refractivity contribution is -0.113. The fraction of sp³-hybridized carbons (Fsp3) is 0.286. The SMILES string of the molecule is CCN(CC)c1ccc(-c2nnc(SCC(=O)Nc3ccc(F)c(F)c3)n2C)cc1. The van der Waals surface area contributed by atoms with E-state index in [9.17, 15) is 13.6 Å². The van der Waals surface area contributed by atoms with Gasteiger partial charge in [0.2, 0.25) is 5.91 Å². The fourth-order valence-electron chi connectivity index (χ4n) is 3.00. The van der Waals surface area contributed by atoms with Gasteiger partial charge in [0, 0.05) is 43.1 Å². The number of amides is 1. The molecule has 0 saturated carbocycles. The van der Waals surface area contributed by atoms with Crippen LogP contribution >= 0.6 is 11.8 Å². The third-order valence-corrected chi connectivity index (χ3v) is 5.64. The predicted molar refractivity (Wildman–Crippen MR) is 116 cm³/mol. The summed E-state index contributed by atoms with van der Waals surface area (Å²) in [6, 6.07) is 11.3. The Hall–Kier alpha value is -2.94. The van der Waals surface area contributed by atoms with Crippen LogP contribution in [0.5, 0.6) is 0 Å². The molecule has 0 aliphatic rings. The van der Waals surface area contributed by atoms with Crippen LogP contribution < -0.4 is 10.2 Å². The zero-order chi connectivity index (χ0) is 21.7. The van der Waals surface area contributed by atoms with E-state index in [0.29, 0.717) is 11.0 Å². The number of hydrogen-bond donors (Lipinski definition) is 1. The van der Waals surface area contributed by atoms with Crippen molar-refractivity contribution in [3.8, 4) is 11.4 Å². The summed E-state index contributed by atoms with van der Waals surface area (Å²) in [4.78, 5) is 14.4. The van der Waals surface area contributed by atoms with Crippen LogP contribution in [-0.2, 0) is 11.8 Å². The maximum atomic E-state index is 13.3. The Labute approximate surface area is 178 Å². The predicted octanol–water partition coefficient (Wildman–Crippen LogP) is 4.34. The third-order valence-electron chi connectivity index (χ3n) is 4.62. The average Bonchev–Trinajstić information content (AvgIpc) is 3.11. The molecule has 6 nitrogen and oxygen atoms in total. The molecule has 1 heterocycles. The van der Waals surface area contributed by atoms with Gasteiger partial charge in [-0.2, -0.15) is 0 Å². The minimum Gasteiger partial charge on any atom is -0.372 e. The number of halogens is 2. The van der Waals surface area contributed by atoms with Gasteiger partial charge in [0.1, 0.15) is 0 Å². The quantitative estimate of drug-likeness (QED) is 0.538. The Morgan fingerprint density at radius 3 is 2.40 bits per heavy atom. The van der Waals surface area contributed by atoms with Gasteiger partial charge >= 0.3 is 0 Å². The maximum absolute atomic E-state index is 13.3. The smallest absolute Gasteiger partial charge is 0.234 e. The summed E-state index contributed by atoms with van der Waals surface area (Å²) < 4.78 is 28.1. The molecule has 0 aliphatic carbocycles. The number of aromatic nitrogens is 3. The summed E-state index contributed by atoms with van der Waals surface area (Å²) in [6.07, 6.45) is 0. The van der Waals surface area contributed by atoms with Gasteiger partial charge in [-0.1, -0.05) is 11.8 Å². The van der Waals surface area contributed by atoms with Crippen LogP contribution in [0.25, 0.3) is 11.4 Å². The van der Waals surface area contributed by atoms with Crippen molar-refractivity contribution in [3.05, 3.63) is 54.1 Å². The van der Waals surface area contributed by atoms with Gasteiger partial charge in [-0.25, -0.2) is 8.78 Å². The van der Waals surface area contributed by atoms with E-state index >= 15 is 0 Å². The number of hydrogen-bond acceptors (Lipinski definition) is 5. The second kappa shape index (κ2) is 9.71. The van der Waals surface area contributed by atoms with Crippen molar-refractivity contribution in [1.82, 2.24) is 14.8 Å². The van der Waals surface area contributed by atoms with Gasteiger partial charge in [0.25, 0.3) is 0 Å². The monoisotopic (exact) mass is 431 g/mol. The molecular weight excluding hydrogens is 408 g/mol. The van der Waals surface area contributed by atoms with E-state index in [1.165, 1.54) is 17.8 Å². The summed E-state index contributed by atoms with van der Waals surface area (Å²) in [5.41, 5.74) is 2.28. The number of nitrogens with one attached hydrogen (secondary N) is 1. The molecule has 0 aliphatic heterocycles. The zero-order valence-electron chi connectivity index (χ0n) is 17.0. The van der Waals surface area contributed by atoms with Gasteiger partial charge < -0.3 is 14.8 Å². The van der Waals surface area contributed by atoms with E-state index < -0.39 is 11.6 Å². The number of carbonyl (C=O) groups is 1. The first kappa shape index (κ1) is 21.8. The third kappa shape index (κ3) is 4.96. The van der Waals surface area contributed by atoms with Gasteiger partial charge in [-0.15, -0.1) is 10.2 Å². The van der Waals surface area contributed by atoms with Crippen molar-refractivity contribution < 1.29 is 13.6 Å². The summed E-state index contributed by atoms with van der Waals surface area (Å²) in [7, 11) is 1.84. The lowest BCUT2D eigenvalue weighted by Crippen LogP contribution is -2.21. The standard InChI is InChI=1S/C21H23F2N5OS/c1-4-28(5-2)16-9-6-14(7-10-16)20-25-26-21(27(20)3)30-13-19(29)24-15-8-11-17(22)18(23)12-15/h6-12H,4-5,13H2,1-3H3,(H,24,29). The minimum absolute atomic E-state index is 0.0614. The summed E-state index contributed by atoms with van der Waals surface area (Å²) >= 11 is 1.21. The molecule has 1 amide bonds. The van der Waals surface area contributed by atoms with Crippen molar-refractivity contribution in [3.63, 3.8) is 0 Å². The molecule has 30 heavy (non-hydrogen) atoms. The van der Waals surface area contributed by atoms with Crippen molar-refractivity contribution in [2.45, 2.75) is 19.0 Å². The van der Waals surface area contributed by atoms with E-state index in [0.717, 1.165) is 36.5 Å². The van der Waals surface area contributed by atoms with E-state index in [-0.39, 0.29) is 17.3 Å². The van der Waals surface area contributed by atoms with Crippen LogP contribution in [0, 0.1) is 11.6 Å². The highest BCUT2D eigenvalue weighted by Crippen LogP contribution is 2.25. The Bertz CT molecular complexity index is 1020. The zero-order valence-corrected chi connectivity index (χ0v) is 17.8. The van der Waals surface area contributed by atoms with E-state index in [4.69, 9.17) is 0 Å². The molecule has 0 fully saturated rings. The molecular formula is C21H23F2N5OS. The Morgan fingerprint density at radius 2 is 1.77 bits per heavy atom.